The van der Waals surface area contributed by atoms with Crippen LogP contribution < -0.4 is 0 Å². The highest BCUT2D eigenvalue weighted by molar-refractivity contribution is 4.59. The third-order valence-corrected chi connectivity index (χ3v) is 1.90. The van der Waals surface area contributed by atoms with Crippen LogP contribution in [-0.4, -0.2) is 51.0 Å². The lowest BCUT2D eigenvalue weighted by Crippen LogP contribution is -2.26. The average Bonchev–Trinajstić information content (AvgIpc) is 2.07. The van der Waals surface area contributed by atoms with Gasteiger partial charge in [0.1, 0.15) is 0 Å². The minimum atomic E-state index is -0.00883. The van der Waals surface area contributed by atoms with Crippen LogP contribution in [0.3, 0.4) is 0 Å². The van der Waals surface area contributed by atoms with Gasteiger partial charge < -0.3 is 14.4 Å². The van der Waals surface area contributed by atoms with Crippen LogP contribution in [0.5, 0.6) is 0 Å². The Balaban J connectivity index is 3.27. The zero-order valence-corrected chi connectivity index (χ0v) is 10.3. The summed E-state index contributed by atoms with van der Waals surface area (Å²) in [4.78, 5) is 2.26. The summed E-state index contributed by atoms with van der Waals surface area (Å²) >= 11 is 0. The van der Waals surface area contributed by atoms with Gasteiger partial charge in [-0.1, -0.05) is 0 Å². The van der Waals surface area contributed by atoms with Crippen LogP contribution in [-0.2, 0) is 9.47 Å². The molecule has 0 aromatic carbocycles. The topological polar surface area (TPSA) is 21.7 Å². The van der Waals surface area contributed by atoms with Gasteiger partial charge in [0.25, 0.3) is 0 Å². The Morgan fingerprint density at radius 2 is 1.71 bits per heavy atom. The normalized spacial score (nSPS) is 12.4. The predicted octanol–water partition coefficient (Wildman–Crippen LogP) is 1.77. The van der Waals surface area contributed by atoms with Crippen molar-refractivity contribution in [1.29, 1.82) is 0 Å². The van der Waals surface area contributed by atoms with Crippen LogP contribution in [0.15, 0.2) is 0 Å². The van der Waals surface area contributed by atoms with E-state index in [1.54, 1.807) is 7.11 Å². The van der Waals surface area contributed by atoms with Gasteiger partial charge in [-0.2, -0.15) is 0 Å². The molecule has 3 nitrogen and oxygen atoms in total. The first-order valence-corrected chi connectivity index (χ1v) is 5.27. The van der Waals surface area contributed by atoms with E-state index in [1.807, 2.05) is 0 Å². The number of likely N-dealkylation sites (N-methyl/N-ethyl adjacent to an activating group) is 1. The highest BCUT2D eigenvalue weighted by atomic mass is 16.5. The number of nitrogens with zero attached hydrogens (tertiary/aromatic N) is 1. The van der Waals surface area contributed by atoms with Crippen molar-refractivity contribution in [3.63, 3.8) is 0 Å². The Labute approximate surface area is 88.4 Å². The molecule has 0 aliphatic rings. The quantitative estimate of drug-likeness (QED) is 0.589. The Hall–Kier alpha value is -0.120. The smallest absolute Gasteiger partial charge is 0.0598 e. The second kappa shape index (κ2) is 7.21. The number of hydrogen-bond acceptors (Lipinski definition) is 3. The van der Waals surface area contributed by atoms with E-state index in [2.05, 4.69) is 32.7 Å². The lowest BCUT2D eigenvalue weighted by molar-refractivity contribution is -0.00672. The predicted molar refractivity (Wildman–Crippen MR) is 59.7 cm³/mol. The molecule has 86 valence electrons. The van der Waals surface area contributed by atoms with Crippen molar-refractivity contribution < 1.29 is 9.47 Å². The molecule has 0 heterocycles. The molecule has 0 atom stereocenters. The summed E-state index contributed by atoms with van der Waals surface area (Å²) in [5, 5.41) is 0. The van der Waals surface area contributed by atoms with Crippen molar-refractivity contribution >= 4 is 0 Å². The van der Waals surface area contributed by atoms with Gasteiger partial charge in [-0.25, -0.2) is 0 Å². The molecule has 0 bridgehead atoms. The van der Waals surface area contributed by atoms with Gasteiger partial charge >= 0.3 is 0 Å². The monoisotopic (exact) mass is 203 g/mol. The first kappa shape index (κ1) is 13.9. The number of methoxy groups -OCH3 is 1. The highest BCUT2D eigenvalue weighted by Gasteiger charge is 2.09. The number of ether oxygens (including phenoxy) is 2. The van der Waals surface area contributed by atoms with Crippen LogP contribution >= 0.6 is 0 Å². The van der Waals surface area contributed by atoms with Crippen LogP contribution in [0.1, 0.15) is 27.2 Å². The lowest BCUT2D eigenvalue weighted by Gasteiger charge is -2.21. The molecule has 0 aliphatic carbocycles. The minimum Gasteiger partial charge on any atom is -0.383 e. The second-order valence-electron chi connectivity index (χ2n) is 4.61. The molecule has 0 amide bonds. The third-order valence-electron chi connectivity index (χ3n) is 1.90. The minimum absolute atomic E-state index is 0.00883. The largest absolute Gasteiger partial charge is 0.383 e. The van der Waals surface area contributed by atoms with Crippen LogP contribution in [0.2, 0.25) is 0 Å². The van der Waals surface area contributed by atoms with Gasteiger partial charge in [0.15, 0.2) is 0 Å². The van der Waals surface area contributed by atoms with Gasteiger partial charge in [-0.15, -0.1) is 0 Å². The molecule has 14 heavy (non-hydrogen) atoms. The van der Waals surface area contributed by atoms with Gasteiger partial charge in [0.2, 0.25) is 0 Å². The average molecular weight is 203 g/mol. The van der Waals surface area contributed by atoms with Gasteiger partial charge in [0.05, 0.1) is 12.2 Å². The zero-order valence-electron chi connectivity index (χ0n) is 10.3. The lowest BCUT2D eigenvalue weighted by atomic mass is 10.2. The first-order chi connectivity index (χ1) is 6.45. The maximum absolute atomic E-state index is 5.63. The van der Waals surface area contributed by atoms with Crippen molar-refractivity contribution in [2.24, 2.45) is 0 Å². The second-order valence-corrected chi connectivity index (χ2v) is 4.61. The molecule has 0 rings (SSSR count). The summed E-state index contributed by atoms with van der Waals surface area (Å²) in [5.74, 6) is 0. The van der Waals surface area contributed by atoms with Gasteiger partial charge in [-0.3, -0.25) is 0 Å². The van der Waals surface area contributed by atoms with Crippen molar-refractivity contribution in [1.82, 2.24) is 4.90 Å². The van der Waals surface area contributed by atoms with Crippen LogP contribution in [0, 0.1) is 0 Å². The molecular weight excluding hydrogens is 178 g/mol. The van der Waals surface area contributed by atoms with Gasteiger partial charge in [-0.05, 0) is 34.2 Å². The fourth-order valence-corrected chi connectivity index (χ4v) is 1.07. The van der Waals surface area contributed by atoms with E-state index in [0.29, 0.717) is 0 Å². The fraction of sp³-hybridized carbons (Fsp3) is 1.00. The summed E-state index contributed by atoms with van der Waals surface area (Å²) in [5.41, 5.74) is -0.00883. The molecule has 0 aromatic rings. The van der Waals surface area contributed by atoms with Crippen molar-refractivity contribution in [3.05, 3.63) is 0 Å². The van der Waals surface area contributed by atoms with Crippen molar-refractivity contribution in [3.8, 4) is 0 Å². The third kappa shape index (κ3) is 9.96. The molecule has 0 fully saturated rings. The van der Waals surface area contributed by atoms with Crippen LogP contribution in [0.4, 0.5) is 0 Å². The molecule has 0 saturated carbocycles. The van der Waals surface area contributed by atoms with Gasteiger partial charge in [0, 0.05) is 26.8 Å². The Bertz CT molecular complexity index is 132. The first-order valence-electron chi connectivity index (χ1n) is 5.27. The summed E-state index contributed by atoms with van der Waals surface area (Å²) in [6.45, 7) is 9.95. The Morgan fingerprint density at radius 3 is 2.21 bits per heavy atom. The molecule has 0 saturated heterocycles. The molecule has 0 radical (unpaired) electrons. The standard InChI is InChI=1S/C11H25NO2/c1-11(2,3)14-9-6-7-12(4)8-10-13-5/h6-10H2,1-5H3. The van der Waals surface area contributed by atoms with Crippen molar-refractivity contribution in [2.45, 2.75) is 32.8 Å². The Kier molecular flexibility index (Phi) is 7.15. The zero-order chi connectivity index (χ0) is 11.0. The van der Waals surface area contributed by atoms with E-state index in [-0.39, 0.29) is 5.60 Å². The highest BCUT2D eigenvalue weighted by Crippen LogP contribution is 2.06. The maximum atomic E-state index is 5.63. The number of hydrogen-bond donors (Lipinski definition) is 0. The molecule has 3 heteroatoms. The molecular formula is C11H25NO2. The summed E-state index contributed by atoms with van der Waals surface area (Å²) < 4.78 is 10.6. The molecule has 0 aromatic heterocycles. The summed E-state index contributed by atoms with van der Waals surface area (Å²) in [7, 11) is 3.84. The SMILES string of the molecule is COCCN(C)CCCOC(C)(C)C. The van der Waals surface area contributed by atoms with E-state index >= 15 is 0 Å². The van der Waals surface area contributed by atoms with E-state index < -0.39 is 0 Å². The molecule has 0 spiro atoms. The van der Waals surface area contributed by atoms with E-state index in [4.69, 9.17) is 9.47 Å². The number of rotatable bonds is 7. The molecule has 0 unspecified atom stereocenters. The Morgan fingerprint density at radius 1 is 1.07 bits per heavy atom. The van der Waals surface area contributed by atoms with E-state index in [0.717, 1.165) is 32.7 Å². The molecule has 0 N–H and O–H groups in total. The fourth-order valence-electron chi connectivity index (χ4n) is 1.07. The summed E-state index contributed by atoms with van der Waals surface area (Å²) in [6, 6.07) is 0. The molecule has 0 aliphatic heterocycles. The van der Waals surface area contributed by atoms with E-state index in [9.17, 15) is 0 Å². The van der Waals surface area contributed by atoms with E-state index in [1.165, 1.54) is 0 Å². The van der Waals surface area contributed by atoms with Crippen molar-refractivity contribution in [2.75, 3.05) is 40.5 Å². The van der Waals surface area contributed by atoms with Crippen LogP contribution in [0.25, 0.3) is 0 Å². The maximum Gasteiger partial charge on any atom is 0.0598 e. The summed E-state index contributed by atoms with van der Waals surface area (Å²) in [6.07, 6.45) is 1.08.